The summed E-state index contributed by atoms with van der Waals surface area (Å²) in [4.78, 5) is 16.3. The number of rotatable bonds is 7. The molecule has 0 fully saturated rings. The number of hydrogen-bond donors (Lipinski definition) is 0. The molecule has 0 radical (unpaired) electrons. The molecule has 5 heteroatoms. The number of hydrogen-bond acceptors (Lipinski definition) is 4. The molecule has 1 aliphatic heterocycles. The van der Waals surface area contributed by atoms with Crippen molar-refractivity contribution in [1.82, 2.24) is 0 Å². The van der Waals surface area contributed by atoms with Gasteiger partial charge in [0.25, 0.3) is 0 Å². The number of cyclic esters (lactones) is 1. The lowest BCUT2D eigenvalue weighted by Gasteiger charge is -2.05. The molecule has 134 valence electrons. The Bertz CT molecular complexity index is 823. The fourth-order valence-electron chi connectivity index (χ4n) is 2.49. The van der Waals surface area contributed by atoms with Crippen molar-refractivity contribution >= 4 is 29.5 Å². The van der Waals surface area contributed by atoms with Crippen molar-refractivity contribution in [3.63, 3.8) is 0 Å². The van der Waals surface area contributed by atoms with E-state index in [0.29, 0.717) is 10.6 Å². The molecular formula is C21H20ClNO3. The van der Waals surface area contributed by atoms with Gasteiger partial charge in [0.1, 0.15) is 5.75 Å². The van der Waals surface area contributed by atoms with Gasteiger partial charge in [0.05, 0.1) is 6.61 Å². The molecule has 0 N–H and O–H groups in total. The molecule has 0 saturated carbocycles. The third-order valence-corrected chi connectivity index (χ3v) is 4.16. The Morgan fingerprint density at radius 2 is 1.81 bits per heavy atom. The second-order valence-corrected chi connectivity index (χ2v) is 6.40. The molecule has 2 aromatic rings. The van der Waals surface area contributed by atoms with Crippen molar-refractivity contribution in [1.29, 1.82) is 0 Å². The molecule has 0 spiro atoms. The number of esters is 1. The van der Waals surface area contributed by atoms with E-state index >= 15 is 0 Å². The van der Waals surface area contributed by atoms with Crippen LogP contribution >= 0.6 is 11.6 Å². The van der Waals surface area contributed by atoms with Crippen molar-refractivity contribution in [3.8, 4) is 5.75 Å². The Morgan fingerprint density at radius 1 is 1.08 bits per heavy atom. The van der Waals surface area contributed by atoms with Gasteiger partial charge < -0.3 is 9.47 Å². The third kappa shape index (κ3) is 4.73. The number of benzene rings is 2. The van der Waals surface area contributed by atoms with Crippen LogP contribution in [0.5, 0.6) is 5.75 Å². The van der Waals surface area contributed by atoms with E-state index in [0.717, 1.165) is 24.3 Å². The van der Waals surface area contributed by atoms with Gasteiger partial charge in [0.2, 0.25) is 5.90 Å². The molecule has 0 saturated heterocycles. The summed E-state index contributed by atoms with van der Waals surface area (Å²) in [5.41, 5.74) is 1.84. The van der Waals surface area contributed by atoms with Crippen LogP contribution in [0.15, 0.2) is 59.2 Å². The zero-order valence-corrected chi connectivity index (χ0v) is 15.3. The lowest BCUT2D eigenvalue weighted by molar-refractivity contribution is -0.129. The quantitative estimate of drug-likeness (QED) is 0.380. The molecule has 2 aromatic carbocycles. The molecule has 1 aliphatic rings. The highest BCUT2D eigenvalue weighted by molar-refractivity contribution is 6.30. The van der Waals surface area contributed by atoms with Crippen molar-refractivity contribution < 1.29 is 14.3 Å². The molecule has 0 aromatic heterocycles. The van der Waals surface area contributed by atoms with Crippen LogP contribution in [-0.4, -0.2) is 18.5 Å². The standard InChI is InChI=1S/C21H20ClNO3/c1-2-3-4-13-25-18-11-5-15(6-12-18)14-19-21(24)26-20(23-19)16-7-9-17(22)10-8-16/h5-12,14H,2-4,13H2,1H3/b19-14+. The average molecular weight is 370 g/mol. The van der Waals surface area contributed by atoms with E-state index in [4.69, 9.17) is 21.1 Å². The first-order chi connectivity index (χ1) is 12.7. The maximum atomic E-state index is 12.0. The predicted molar refractivity (Wildman–Crippen MR) is 104 cm³/mol. The summed E-state index contributed by atoms with van der Waals surface area (Å²) in [5, 5.41) is 0.617. The number of carbonyl (C=O) groups is 1. The molecule has 0 bridgehead atoms. The third-order valence-electron chi connectivity index (χ3n) is 3.91. The van der Waals surface area contributed by atoms with Crippen LogP contribution in [-0.2, 0) is 9.53 Å². The predicted octanol–water partition coefficient (Wildman–Crippen LogP) is 5.25. The zero-order valence-electron chi connectivity index (χ0n) is 14.6. The van der Waals surface area contributed by atoms with Gasteiger partial charge in [0, 0.05) is 10.6 Å². The summed E-state index contributed by atoms with van der Waals surface area (Å²) < 4.78 is 10.9. The van der Waals surface area contributed by atoms with Gasteiger partial charge in [-0.25, -0.2) is 9.79 Å². The van der Waals surface area contributed by atoms with Crippen LogP contribution in [0.4, 0.5) is 0 Å². The Balaban J connectivity index is 1.68. The van der Waals surface area contributed by atoms with E-state index in [1.54, 1.807) is 30.3 Å². The highest BCUT2D eigenvalue weighted by atomic mass is 35.5. The summed E-state index contributed by atoms with van der Waals surface area (Å²) in [7, 11) is 0. The monoisotopic (exact) mass is 369 g/mol. The van der Waals surface area contributed by atoms with Crippen LogP contribution in [0.1, 0.15) is 37.3 Å². The van der Waals surface area contributed by atoms with Gasteiger partial charge >= 0.3 is 5.97 Å². The van der Waals surface area contributed by atoms with E-state index in [-0.39, 0.29) is 11.6 Å². The smallest absolute Gasteiger partial charge is 0.363 e. The van der Waals surface area contributed by atoms with Crippen LogP contribution in [0.25, 0.3) is 6.08 Å². The fourth-order valence-corrected chi connectivity index (χ4v) is 2.61. The van der Waals surface area contributed by atoms with Gasteiger partial charge in [-0.05, 0) is 54.5 Å². The minimum Gasteiger partial charge on any atom is -0.494 e. The second kappa shape index (κ2) is 8.68. The molecule has 0 atom stereocenters. The summed E-state index contributed by atoms with van der Waals surface area (Å²) in [6, 6.07) is 14.6. The van der Waals surface area contributed by atoms with Crippen molar-refractivity contribution in [3.05, 3.63) is 70.4 Å². The summed E-state index contributed by atoms with van der Waals surface area (Å²) in [5.74, 6) is 0.645. The highest BCUT2D eigenvalue weighted by Gasteiger charge is 2.24. The number of halogens is 1. The van der Waals surface area contributed by atoms with Crippen LogP contribution in [0.3, 0.4) is 0 Å². The number of aliphatic imine (C=N–C) groups is 1. The maximum Gasteiger partial charge on any atom is 0.363 e. The number of ether oxygens (including phenoxy) is 2. The average Bonchev–Trinajstić information content (AvgIpc) is 3.01. The summed E-state index contributed by atoms with van der Waals surface area (Å²) >= 11 is 5.87. The summed E-state index contributed by atoms with van der Waals surface area (Å²) in [6.45, 7) is 2.88. The minimum atomic E-state index is -0.463. The van der Waals surface area contributed by atoms with E-state index in [1.807, 2.05) is 24.3 Å². The lowest BCUT2D eigenvalue weighted by Crippen LogP contribution is -2.05. The molecule has 0 aliphatic carbocycles. The van der Waals surface area contributed by atoms with E-state index in [1.165, 1.54) is 12.8 Å². The molecule has 1 heterocycles. The number of unbranched alkanes of at least 4 members (excludes halogenated alkanes) is 2. The Morgan fingerprint density at radius 3 is 2.50 bits per heavy atom. The zero-order chi connectivity index (χ0) is 18.4. The van der Waals surface area contributed by atoms with Gasteiger partial charge in [-0.2, -0.15) is 0 Å². The highest BCUT2D eigenvalue weighted by Crippen LogP contribution is 2.21. The van der Waals surface area contributed by atoms with Crippen molar-refractivity contribution in [2.24, 2.45) is 4.99 Å². The van der Waals surface area contributed by atoms with Crippen molar-refractivity contribution in [2.75, 3.05) is 6.61 Å². The van der Waals surface area contributed by atoms with Gasteiger partial charge in [0.15, 0.2) is 5.70 Å². The normalized spacial score (nSPS) is 15.1. The largest absolute Gasteiger partial charge is 0.494 e. The number of carbonyl (C=O) groups excluding carboxylic acids is 1. The molecule has 26 heavy (non-hydrogen) atoms. The molecule has 4 nitrogen and oxygen atoms in total. The maximum absolute atomic E-state index is 12.0. The molecule has 0 amide bonds. The van der Waals surface area contributed by atoms with Gasteiger partial charge in [-0.3, -0.25) is 0 Å². The topological polar surface area (TPSA) is 47.9 Å². The summed E-state index contributed by atoms with van der Waals surface area (Å²) in [6.07, 6.45) is 5.09. The second-order valence-electron chi connectivity index (χ2n) is 5.97. The minimum absolute atomic E-state index is 0.270. The first kappa shape index (κ1) is 18.2. The van der Waals surface area contributed by atoms with Gasteiger partial charge in [-0.15, -0.1) is 0 Å². The Kier molecular flexibility index (Phi) is 6.08. The Hall–Kier alpha value is -2.59. The molecule has 3 rings (SSSR count). The van der Waals surface area contributed by atoms with Crippen LogP contribution in [0, 0.1) is 0 Å². The first-order valence-corrected chi connectivity index (χ1v) is 9.05. The first-order valence-electron chi connectivity index (χ1n) is 8.67. The van der Waals surface area contributed by atoms with E-state index in [9.17, 15) is 4.79 Å². The Labute approximate surface area is 158 Å². The van der Waals surface area contributed by atoms with E-state index in [2.05, 4.69) is 11.9 Å². The van der Waals surface area contributed by atoms with Crippen LogP contribution in [0.2, 0.25) is 5.02 Å². The van der Waals surface area contributed by atoms with Gasteiger partial charge in [-0.1, -0.05) is 43.5 Å². The number of nitrogens with zero attached hydrogens (tertiary/aromatic N) is 1. The van der Waals surface area contributed by atoms with Crippen LogP contribution < -0.4 is 4.74 Å². The lowest BCUT2D eigenvalue weighted by atomic mass is 10.2. The van der Waals surface area contributed by atoms with Crippen molar-refractivity contribution in [2.45, 2.75) is 26.2 Å². The SMILES string of the molecule is CCCCCOc1ccc(/C=C2/N=C(c3ccc(Cl)cc3)OC2=O)cc1. The fraction of sp³-hybridized carbons (Fsp3) is 0.238. The van der Waals surface area contributed by atoms with E-state index < -0.39 is 5.97 Å². The molecular weight excluding hydrogens is 350 g/mol. The molecule has 0 unspecified atom stereocenters.